The minimum atomic E-state index is -0.238. The van der Waals surface area contributed by atoms with Gasteiger partial charge in [-0.15, -0.1) is 0 Å². The summed E-state index contributed by atoms with van der Waals surface area (Å²) in [6.45, 7) is 3.40. The number of carbonyl (C=O) groups is 2. The van der Waals surface area contributed by atoms with E-state index in [9.17, 15) is 9.59 Å². The van der Waals surface area contributed by atoms with E-state index in [0.717, 1.165) is 29.5 Å². The molecule has 0 saturated carbocycles. The molecule has 4 nitrogen and oxygen atoms in total. The van der Waals surface area contributed by atoms with E-state index in [1.54, 1.807) is 4.90 Å². The molecule has 1 aliphatic heterocycles. The summed E-state index contributed by atoms with van der Waals surface area (Å²) in [6.07, 6.45) is 2.37. The third-order valence-corrected chi connectivity index (χ3v) is 3.95. The molecule has 1 heterocycles. The molecular weight excluding hydrogens is 320 g/mol. The lowest BCUT2D eigenvalue weighted by Gasteiger charge is -2.16. The molecule has 0 aliphatic carbocycles. The smallest absolute Gasteiger partial charge is 0.229 e. The molecule has 2 rings (SSSR count). The highest BCUT2D eigenvalue weighted by molar-refractivity contribution is 9.10. The topological polar surface area (TPSA) is 49.4 Å². The number of amides is 2. The Balaban J connectivity index is 1.92. The standard InChI is InChI=1S/C15H19BrN2O2/c1-2-3-7-18-10-11(8-14(18)19)15(20)17-13-6-4-5-12(16)9-13/h4-6,9,11H,2-3,7-8,10H2,1H3,(H,17,20)/t11-/m0/s1. The number of hydrogen-bond donors (Lipinski definition) is 1. The molecule has 1 aliphatic rings. The predicted molar refractivity (Wildman–Crippen MR) is 82.4 cm³/mol. The van der Waals surface area contributed by atoms with Gasteiger partial charge in [-0.2, -0.15) is 0 Å². The predicted octanol–water partition coefficient (Wildman–Crippen LogP) is 3.04. The molecule has 0 radical (unpaired) electrons. The van der Waals surface area contributed by atoms with Crippen LogP contribution in [-0.4, -0.2) is 29.8 Å². The van der Waals surface area contributed by atoms with E-state index in [4.69, 9.17) is 0 Å². The summed E-state index contributed by atoms with van der Waals surface area (Å²) >= 11 is 3.37. The molecule has 0 spiro atoms. The first-order valence-corrected chi connectivity index (χ1v) is 7.73. The first-order chi connectivity index (χ1) is 9.60. The number of halogens is 1. The third-order valence-electron chi connectivity index (χ3n) is 3.46. The van der Waals surface area contributed by atoms with Gasteiger partial charge in [-0.3, -0.25) is 9.59 Å². The highest BCUT2D eigenvalue weighted by Gasteiger charge is 2.33. The summed E-state index contributed by atoms with van der Waals surface area (Å²) in [4.78, 5) is 25.8. The molecule has 0 unspecified atom stereocenters. The van der Waals surface area contributed by atoms with E-state index in [2.05, 4.69) is 28.2 Å². The molecule has 0 bridgehead atoms. The monoisotopic (exact) mass is 338 g/mol. The van der Waals surface area contributed by atoms with Gasteiger partial charge in [0, 0.05) is 29.7 Å². The second-order valence-corrected chi connectivity index (χ2v) is 6.01. The average molecular weight is 339 g/mol. The first-order valence-electron chi connectivity index (χ1n) is 6.94. The molecule has 1 atom stereocenters. The van der Waals surface area contributed by atoms with E-state index < -0.39 is 0 Å². The summed E-state index contributed by atoms with van der Waals surface area (Å²) in [5.74, 6) is -0.221. The summed E-state index contributed by atoms with van der Waals surface area (Å²) in [5.41, 5.74) is 0.754. The van der Waals surface area contributed by atoms with E-state index in [1.807, 2.05) is 24.3 Å². The van der Waals surface area contributed by atoms with Crippen molar-refractivity contribution in [2.75, 3.05) is 18.4 Å². The molecule has 2 amide bonds. The van der Waals surface area contributed by atoms with Gasteiger partial charge in [0.05, 0.1) is 5.92 Å². The quantitative estimate of drug-likeness (QED) is 0.896. The van der Waals surface area contributed by atoms with Crippen molar-refractivity contribution >= 4 is 33.4 Å². The van der Waals surface area contributed by atoms with Gasteiger partial charge in [0.15, 0.2) is 0 Å². The van der Waals surface area contributed by atoms with Crippen molar-refractivity contribution in [2.45, 2.75) is 26.2 Å². The molecule has 5 heteroatoms. The van der Waals surface area contributed by atoms with Crippen molar-refractivity contribution in [1.82, 2.24) is 4.90 Å². The molecule has 1 aromatic rings. The van der Waals surface area contributed by atoms with Gasteiger partial charge in [0.1, 0.15) is 0 Å². The number of nitrogens with zero attached hydrogens (tertiary/aromatic N) is 1. The SMILES string of the molecule is CCCCN1C[C@@H](C(=O)Nc2cccc(Br)c2)CC1=O. The van der Waals surface area contributed by atoms with Gasteiger partial charge in [-0.05, 0) is 24.6 Å². The normalized spacial score (nSPS) is 18.4. The highest BCUT2D eigenvalue weighted by atomic mass is 79.9. The van der Waals surface area contributed by atoms with Crippen LogP contribution in [0, 0.1) is 5.92 Å². The number of rotatable bonds is 5. The van der Waals surface area contributed by atoms with Crippen LogP contribution in [0.15, 0.2) is 28.7 Å². The minimum Gasteiger partial charge on any atom is -0.342 e. The number of likely N-dealkylation sites (tertiary alicyclic amines) is 1. The zero-order valence-electron chi connectivity index (χ0n) is 11.6. The minimum absolute atomic E-state index is 0.0737. The van der Waals surface area contributed by atoms with Gasteiger partial charge in [-0.25, -0.2) is 0 Å². The van der Waals surface area contributed by atoms with Crippen LogP contribution in [0.5, 0.6) is 0 Å². The summed E-state index contributed by atoms with van der Waals surface area (Å²) in [6, 6.07) is 7.46. The highest BCUT2D eigenvalue weighted by Crippen LogP contribution is 2.21. The molecule has 0 aromatic heterocycles. The Labute approximate surface area is 127 Å². The lowest BCUT2D eigenvalue weighted by Crippen LogP contribution is -2.29. The fraction of sp³-hybridized carbons (Fsp3) is 0.467. The van der Waals surface area contributed by atoms with E-state index in [0.29, 0.717) is 13.0 Å². The van der Waals surface area contributed by atoms with Crippen LogP contribution in [0.25, 0.3) is 0 Å². The maximum atomic E-state index is 12.2. The molecule has 1 aromatic carbocycles. The Kier molecular flexibility index (Phi) is 5.17. The van der Waals surface area contributed by atoms with Gasteiger partial charge in [-0.1, -0.05) is 35.3 Å². The van der Waals surface area contributed by atoms with E-state index in [1.165, 1.54) is 0 Å². The van der Waals surface area contributed by atoms with Crippen molar-refractivity contribution in [3.05, 3.63) is 28.7 Å². The second kappa shape index (κ2) is 6.88. The maximum Gasteiger partial charge on any atom is 0.229 e. The van der Waals surface area contributed by atoms with Crippen LogP contribution in [-0.2, 0) is 9.59 Å². The van der Waals surface area contributed by atoms with Crippen LogP contribution in [0.3, 0.4) is 0 Å². The van der Waals surface area contributed by atoms with Crippen LogP contribution in [0.4, 0.5) is 5.69 Å². The molecule has 1 N–H and O–H groups in total. The Hall–Kier alpha value is -1.36. The fourth-order valence-corrected chi connectivity index (χ4v) is 2.72. The number of hydrogen-bond acceptors (Lipinski definition) is 2. The Morgan fingerprint density at radius 3 is 3.00 bits per heavy atom. The van der Waals surface area contributed by atoms with Crippen LogP contribution in [0.2, 0.25) is 0 Å². The largest absolute Gasteiger partial charge is 0.342 e. The number of carbonyl (C=O) groups excluding carboxylic acids is 2. The molecule has 20 heavy (non-hydrogen) atoms. The zero-order valence-corrected chi connectivity index (χ0v) is 13.1. The fourth-order valence-electron chi connectivity index (χ4n) is 2.32. The number of benzene rings is 1. The molecule has 1 saturated heterocycles. The van der Waals surface area contributed by atoms with E-state index >= 15 is 0 Å². The molecule has 108 valence electrons. The molecule has 1 fully saturated rings. The van der Waals surface area contributed by atoms with Gasteiger partial charge >= 0.3 is 0 Å². The Morgan fingerprint density at radius 1 is 1.50 bits per heavy atom. The number of nitrogens with one attached hydrogen (secondary N) is 1. The number of unbranched alkanes of at least 4 members (excludes halogenated alkanes) is 1. The van der Waals surface area contributed by atoms with Crippen molar-refractivity contribution in [3.63, 3.8) is 0 Å². The van der Waals surface area contributed by atoms with Crippen molar-refractivity contribution < 1.29 is 9.59 Å². The molecular formula is C15H19BrN2O2. The average Bonchev–Trinajstić information content (AvgIpc) is 2.78. The summed E-state index contributed by atoms with van der Waals surface area (Å²) < 4.78 is 0.919. The van der Waals surface area contributed by atoms with Crippen LogP contribution in [0.1, 0.15) is 26.2 Å². The van der Waals surface area contributed by atoms with E-state index in [-0.39, 0.29) is 17.7 Å². The van der Waals surface area contributed by atoms with Crippen LogP contribution >= 0.6 is 15.9 Å². The Morgan fingerprint density at radius 2 is 2.30 bits per heavy atom. The van der Waals surface area contributed by atoms with Gasteiger partial charge < -0.3 is 10.2 Å². The first kappa shape index (κ1) is 15.0. The van der Waals surface area contributed by atoms with Gasteiger partial charge in [0.25, 0.3) is 0 Å². The van der Waals surface area contributed by atoms with Crippen molar-refractivity contribution in [2.24, 2.45) is 5.92 Å². The zero-order chi connectivity index (χ0) is 14.5. The van der Waals surface area contributed by atoms with Gasteiger partial charge in [0.2, 0.25) is 11.8 Å². The summed E-state index contributed by atoms with van der Waals surface area (Å²) in [5, 5.41) is 2.87. The maximum absolute atomic E-state index is 12.2. The lowest BCUT2D eigenvalue weighted by molar-refractivity contribution is -0.128. The summed E-state index contributed by atoms with van der Waals surface area (Å²) in [7, 11) is 0. The lowest BCUT2D eigenvalue weighted by atomic mass is 10.1. The third kappa shape index (κ3) is 3.82. The second-order valence-electron chi connectivity index (χ2n) is 5.09. The van der Waals surface area contributed by atoms with Crippen molar-refractivity contribution in [3.8, 4) is 0 Å². The number of anilines is 1. The Bertz CT molecular complexity index is 504. The van der Waals surface area contributed by atoms with Crippen LogP contribution < -0.4 is 5.32 Å². The van der Waals surface area contributed by atoms with Crippen molar-refractivity contribution in [1.29, 1.82) is 0 Å².